The molecule has 2 atom stereocenters. The molecule has 0 saturated carbocycles. The zero-order chi connectivity index (χ0) is 12.5. The molecule has 0 radical (unpaired) electrons. The predicted octanol–water partition coefficient (Wildman–Crippen LogP) is 1.33. The van der Waals surface area contributed by atoms with Crippen molar-refractivity contribution in [2.75, 3.05) is 20.2 Å². The normalized spacial score (nSPS) is 26.9. The third-order valence-electron chi connectivity index (χ3n) is 3.87. The first kappa shape index (κ1) is 11.5. The fourth-order valence-corrected chi connectivity index (χ4v) is 2.88. The fourth-order valence-electron chi connectivity index (χ4n) is 2.88. The number of fused-ring (bicyclic) bond motifs is 1. The molecule has 0 spiro atoms. The fraction of sp³-hybridized carbons (Fsp3) is 0.500. The Kier molecular flexibility index (Phi) is 2.96. The quantitative estimate of drug-likeness (QED) is 0.856. The molecule has 1 aromatic carbocycles. The third-order valence-corrected chi connectivity index (χ3v) is 3.87. The van der Waals surface area contributed by atoms with Crippen molar-refractivity contribution in [1.82, 2.24) is 10.2 Å². The van der Waals surface area contributed by atoms with Crippen LogP contribution < -0.4 is 10.1 Å². The zero-order valence-electron chi connectivity index (χ0n) is 10.6. The summed E-state index contributed by atoms with van der Waals surface area (Å²) in [4.78, 5) is 14.3. The van der Waals surface area contributed by atoms with E-state index in [9.17, 15) is 4.79 Å². The summed E-state index contributed by atoms with van der Waals surface area (Å²) < 4.78 is 5.67. The minimum atomic E-state index is -0.0356. The van der Waals surface area contributed by atoms with Gasteiger partial charge in [0.15, 0.2) is 0 Å². The molecule has 2 unspecified atom stereocenters. The number of carbonyl (C=O) groups excluding carboxylic acids is 1. The Bertz CT molecular complexity index is 461. The summed E-state index contributed by atoms with van der Waals surface area (Å²) in [7, 11) is 1.85. The molecule has 2 aliphatic rings. The molecule has 3 rings (SSSR count). The van der Waals surface area contributed by atoms with E-state index in [-0.39, 0.29) is 18.0 Å². The van der Waals surface area contributed by atoms with E-state index >= 15 is 0 Å². The number of likely N-dealkylation sites (tertiary alicyclic amines) is 1. The summed E-state index contributed by atoms with van der Waals surface area (Å²) >= 11 is 0. The first-order chi connectivity index (χ1) is 8.81. The van der Waals surface area contributed by atoms with Crippen LogP contribution in [-0.2, 0) is 4.79 Å². The van der Waals surface area contributed by atoms with Crippen molar-refractivity contribution in [2.45, 2.75) is 24.9 Å². The van der Waals surface area contributed by atoms with Crippen molar-refractivity contribution in [3.63, 3.8) is 0 Å². The van der Waals surface area contributed by atoms with Gasteiger partial charge >= 0.3 is 0 Å². The molecule has 0 aliphatic carbocycles. The maximum atomic E-state index is 12.4. The van der Waals surface area contributed by atoms with Gasteiger partial charge in [0, 0.05) is 12.1 Å². The third kappa shape index (κ3) is 1.77. The van der Waals surface area contributed by atoms with Crippen molar-refractivity contribution in [3.8, 4) is 5.75 Å². The van der Waals surface area contributed by atoms with Gasteiger partial charge in [-0.2, -0.15) is 0 Å². The standard InChI is InChI=1S/C14H18N2O2/c1-15-11-6-4-8-16(14(11)17)12-9-18-13-7-3-2-5-10(12)13/h2-3,5,7,11-12,15H,4,6,8-9H2,1H3. The molecule has 18 heavy (non-hydrogen) atoms. The minimum Gasteiger partial charge on any atom is -0.491 e. The van der Waals surface area contributed by atoms with Crippen LogP contribution in [0, 0.1) is 0 Å². The highest BCUT2D eigenvalue weighted by Crippen LogP contribution is 2.37. The smallest absolute Gasteiger partial charge is 0.240 e. The lowest BCUT2D eigenvalue weighted by Gasteiger charge is -2.35. The van der Waals surface area contributed by atoms with E-state index < -0.39 is 0 Å². The highest BCUT2D eigenvalue weighted by molar-refractivity contribution is 5.83. The van der Waals surface area contributed by atoms with Crippen molar-refractivity contribution in [3.05, 3.63) is 29.8 Å². The molecule has 1 N–H and O–H groups in total. The van der Waals surface area contributed by atoms with Gasteiger partial charge in [0.1, 0.15) is 12.4 Å². The molecular weight excluding hydrogens is 228 g/mol. The van der Waals surface area contributed by atoms with Crippen LogP contribution >= 0.6 is 0 Å². The Morgan fingerprint density at radius 3 is 3.06 bits per heavy atom. The highest BCUT2D eigenvalue weighted by Gasteiger charge is 2.36. The van der Waals surface area contributed by atoms with Gasteiger partial charge in [0.25, 0.3) is 0 Å². The lowest BCUT2D eigenvalue weighted by atomic mass is 10.00. The van der Waals surface area contributed by atoms with Gasteiger partial charge in [-0.25, -0.2) is 0 Å². The SMILES string of the molecule is CNC1CCCN(C2COc3ccccc32)C1=O. The largest absolute Gasteiger partial charge is 0.491 e. The van der Waals surface area contributed by atoms with E-state index in [4.69, 9.17) is 4.74 Å². The summed E-state index contributed by atoms with van der Waals surface area (Å²) in [6.07, 6.45) is 1.98. The van der Waals surface area contributed by atoms with E-state index in [1.807, 2.05) is 30.1 Å². The topological polar surface area (TPSA) is 41.6 Å². The number of benzene rings is 1. The summed E-state index contributed by atoms with van der Waals surface area (Å²) in [5.74, 6) is 1.12. The summed E-state index contributed by atoms with van der Waals surface area (Å²) in [5, 5.41) is 3.10. The summed E-state index contributed by atoms with van der Waals surface area (Å²) in [6.45, 7) is 1.42. The molecule has 4 nitrogen and oxygen atoms in total. The van der Waals surface area contributed by atoms with E-state index in [0.717, 1.165) is 30.7 Å². The Morgan fingerprint density at radius 2 is 2.22 bits per heavy atom. The second-order valence-corrected chi connectivity index (χ2v) is 4.88. The molecule has 2 aliphatic heterocycles. The van der Waals surface area contributed by atoms with Gasteiger partial charge < -0.3 is 15.0 Å². The second kappa shape index (κ2) is 4.61. The van der Waals surface area contributed by atoms with Crippen LogP contribution in [0.1, 0.15) is 24.4 Å². The number of hydrogen-bond donors (Lipinski definition) is 1. The van der Waals surface area contributed by atoms with Crippen molar-refractivity contribution < 1.29 is 9.53 Å². The number of amides is 1. The molecular formula is C14H18N2O2. The highest BCUT2D eigenvalue weighted by atomic mass is 16.5. The summed E-state index contributed by atoms with van der Waals surface area (Å²) in [5.41, 5.74) is 1.14. The molecule has 0 bridgehead atoms. The van der Waals surface area contributed by atoms with Crippen LogP contribution in [0.25, 0.3) is 0 Å². The Balaban J connectivity index is 1.86. The minimum absolute atomic E-state index is 0.0356. The average Bonchev–Trinajstić information content (AvgIpc) is 2.83. The van der Waals surface area contributed by atoms with Crippen LogP contribution in [0.3, 0.4) is 0 Å². The van der Waals surface area contributed by atoms with E-state index in [2.05, 4.69) is 11.4 Å². The molecule has 96 valence electrons. The van der Waals surface area contributed by atoms with Crippen LogP contribution in [-0.4, -0.2) is 37.0 Å². The van der Waals surface area contributed by atoms with Gasteiger partial charge in [-0.15, -0.1) is 0 Å². The Labute approximate surface area is 107 Å². The zero-order valence-corrected chi connectivity index (χ0v) is 10.6. The first-order valence-electron chi connectivity index (χ1n) is 6.50. The van der Waals surface area contributed by atoms with Crippen LogP contribution in [0.15, 0.2) is 24.3 Å². The van der Waals surface area contributed by atoms with Crippen LogP contribution in [0.5, 0.6) is 5.75 Å². The Morgan fingerprint density at radius 1 is 1.39 bits per heavy atom. The van der Waals surface area contributed by atoms with Gasteiger partial charge in [0.05, 0.1) is 12.1 Å². The average molecular weight is 246 g/mol. The Hall–Kier alpha value is -1.55. The molecule has 1 amide bonds. The van der Waals surface area contributed by atoms with E-state index in [1.165, 1.54) is 0 Å². The molecule has 1 saturated heterocycles. The number of para-hydroxylation sites is 1. The number of nitrogens with zero attached hydrogens (tertiary/aromatic N) is 1. The predicted molar refractivity (Wildman–Crippen MR) is 68.5 cm³/mol. The number of ether oxygens (including phenoxy) is 1. The molecule has 2 heterocycles. The van der Waals surface area contributed by atoms with Gasteiger partial charge in [-0.3, -0.25) is 4.79 Å². The van der Waals surface area contributed by atoms with Crippen molar-refractivity contribution >= 4 is 5.91 Å². The molecule has 0 aromatic heterocycles. The van der Waals surface area contributed by atoms with Crippen molar-refractivity contribution in [2.24, 2.45) is 0 Å². The lowest BCUT2D eigenvalue weighted by Crippen LogP contribution is -2.51. The molecule has 4 heteroatoms. The number of rotatable bonds is 2. The van der Waals surface area contributed by atoms with E-state index in [0.29, 0.717) is 6.61 Å². The monoisotopic (exact) mass is 246 g/mol. The number of nitrogens with one attached hydrogen (secondary N) is 1. The summed E-state index contributed by atoms with van der Waals surface area (Å²) in [6, 6.07) is 8.05. The maximum absolute atomic E-state index is 12.4. The van der Waals surface area contributed by atoms with Gasteiger partial charge in [0.2, 0.25) is 5.91 Å². The maximum Gasteiger partial charge on any atom is 0.240 e. The van der Waals surface area contributed by atoms with E-state index in [1.54, 1.807) is 0 Å². The number of likely N-dealkylation sites (N-methyl/N-ethyl adjacent to an activating group) is 1. The van der Waals surface area contributed by atoms with Crippen LogP contribution in [0.2, 0.25) is 0 Å². The number of carbonyl (C=O) groups is 1. The molecule has 1 fully saturated rings. The lowest BCUT2D eigenvalue weighted by molar-refractivity contribution is -0.138. The van der Waals surface area contributed by atoms with Crippen molar-refractivity contribution in [1.29, 1.82) is 0 Å². The van der Waals surface area contributed by atoms with Gasteiger partial charge in [-0.05, 0) is 26.0 Å². The second-order valence-electron chi connectivity index (χ2n) is 4.88. The number of hydrogen-bond acceptors (Lipinski definition) is 3. The van der Waals surface area contributed by atoms with Crippen LogP contribution in [0.4, 0.5) is 0 Å². The van der Waals surface area contributed by atoms with Gasteiger partial charge in [-0.1, -0.05) is 18.2 Å². The first-order valence-corrected chi connectivity index (χ1v) is 6.50. The number of piperidine rings is 1. The molecule has 1 aromatic rings.